The van der Waals surface area contributed by atoms with Crippen LogP contribution in [0.4, 0.5) is 5.95 Å². The van der Waals surface area contributed by atoms with Gasteiger partial charge in [-0.25, -0.2) is 9.97 Å². The third-order valence-corrected chi connectivity index (χ3v) is 4.79. The zero-order valence-electron chi connectivity index (χ0n) is 10.0. The molecule has 1 spiro atoms. The van der Waals surface area contributed by atoms with Gasteiger partial charge in [0, 0.05) is 25.5 Å². The molecule has 0 N–H and O–H groups in total. The highest BCUT2D eigenvalue weighted by atomic mass is 79.9. The lowest BCUT2D eigenvalue weighted by atomic mass is 9.77. The summed E-state index contributed by atoms with van der Waals surface area (Å²) in [7, 11) is 0. The highest BCUT2D eigenvalue weighted by Crippen LogP contribution is 2.46. The minimum atomic E-state index is 0.672. The van der Waals surface area contributed by atoms with Crippen LogP contribution in [0, 0.1) is 5.41 Å². The molecule has 0 radical (unpaired) electrons. The number of halogens is 1. The van der Waals surface area contributed by atoms with Crippen LogP contribution in [0.3, 0.4) is 0 Å². The molecule has 0 bridgehead atoms. The number of piperidine rings is 1. The number of anilines is 1. The number of hydrogen-bond donors (Lipinski definition) is 0. The zero-order valence-corrected chi connectivity index (χ0v) is 11.6. The summed E-state index contributed by atoms with van der Waals surface area (Å²) < 4.78 is 0.950. The van der Waals surface area contributed by atoms with Gasteiger partial charge in [-0.2, -0.15) is 0 Å². The van der Waals surface area contributed by atoms with Gasteiger partial charge in [0.15, 0.2) is 0 Å². The van der Waals surface area contributed by atoms with Crippen LogP contribution < -0.4 is 4.90 Å². The fraction of sp³-hybridized carbons (Fsp3) is 0.692. The molecule has 92 valence electrons. The van der Waals surface area contributed by atoms with Crippen molar-refractivity contribution in [2.75, 3.05) is 18.0 Å². The number of aromatic nitrogens is 2. The highest BCUT2D eigenvalue weighted by Gasteiger charge is 2.37. The summed E-state index contributed by atoms with van der Waals surface area (Å²) in [5.41, 5.74) is 0.672. The molecule has 1 aliphatic heterocycles. The molecule has 2 fully saturated rings. The van der Waals surface area contributed by atoms with Crippen LogP contribution in [0.1, 0.15) is 38.5 Å². The Labute approximate surface area is 111 Å². The van der Waals surface area contributed by atoms with Crippen LogP contribution in [0.5, 0.6) is 0 Å². The summed E-state index contributed by atoms with van der Waals surface area (Å²) in [5, 5.41) is 0. The van der Waals surface area contributed by atoms with Crippen molar-refractivity contribution in [3.05, 3.63) is 16.9 Å². The molecule has 0 aromatic carbocycles. The van der Waals surface area contributed by atoms with Crippen molar-refractivity contribution in [2.24, 2.45) is 5.41 Å². The van der Waals surface area contributed by atoms with Crippen molar-refractivity contribution in [3.8, 4) is 0 Å². The maximum atomic E-state index is 4.38. The fourth-order valence-electron chi connectivity index (χ4n) is 3.27. The Bertz CT molecular complexity index is 374. The second-order valence-electron chi connectivity index (χ2n) is 5.40. The van der Waals surface area contributed by atoms with Crippen LogP contribution in [-0.2, 0) is 0 Å². The topological polar surface area (TPSA) is 29.0 Å². The van der Waals surface area contributed by atoms with E-state index in [2.05, 4.69) is 30.8 Å². The van der Waals surface area contributed by atoms with Gasteiger partial charge in [0.05, 0.1) is 4.47 Å². The minimum absolute atomic E-state index is 0.672. The predicted octanol–water partition coefficient (Wildman–Crippen LogP) is 3.40. The van der Waals surface area contributed by atoms with E-state index in [4.69, 9.17) is 0 Å². The molecule has 2 heterocycles. The van der Waals surface area contributed by atoms with E-state index in [0.29, 0.717) is 5.41 Å². The molecular formula is C13H18BrN3. The van der Waals surface area contributed by atoms with Crippen molar-refractivity contribution in [2.45, 2.75) is 38.5 Å². The number of hydrogen-bond acceptors (Lipinski definition) is 3. The predicted molar refractivity (Wildman–Crippen MR) is 72.1 cm³/mol. The molecule has 0 unspecified atom stereocenters. The van der Waals surface area contributed by atoms with Gasteiger partial charge in [-0.1, -0.05) is 12.8 Å². The molecule has 1 saturated carbocycles. The van der Waals surface area contributed by atoms with Gasteiger partial charge in [-0.15, -0.1) is 0 Å². The molecule has 3 nitrogen and oxygen atoms in total. The molecule has 1 saturated heterocycles. The molecule has 3 rings (SSSR count). The molecule has 17 heavy (non-hydrogen) atoms. The van der Waals surface area contributed by atoms with Gasteiger partial charge in [0.25, 0.3) is 0 Å². The Morgan fingerprint density at radius 1 is 1.00 bits per heavy atom. The maximum Gasteiger partial charge on any atom is 0.225 e. The first-order chi connectivity index (χ1) is 8.27. The summed E-state index contributed by atoms with van der Waals surface area (Å²) in [6.45, 7) is 2.25. The molecule has 0 atom stereocenters. The molecule has 1 aromatic rings. The summed E-state index contributed by atoms with van der Waals surface area (Å²) in [4.78, 5) is 11.1. The van der Waals surface area contributed by atoms with Gasteiger partial charge in [0.2, 0.25) is 5.95 Å². The Kier molecular flexibility index (Phi) is 3.07. The largest absolute Gasteiger partial charge is 0.341 e. The van der Waals surface area contributed by atoms with Gasteiger partial charge in [-0.05, 0) is 47.0 Å². The van der Waals surface area contributed by atoms with Crippen LogP contribution in [0.15, 0.2) is 16.9 Å². The molecule has 1 aliphatic carbocycles. The second-order valence-corrected chi connectivity index (χ2v) is 6.31. The standard InChI is InChI=1S/C13H18BrN3/c14-11-9-15-12(16-10-11)17-7-5-13(6-8-17)3-1-2-4-13/h9-10H,1-8H2. The van der Waals surface area contributed by atoms with Crippen molar-refractivity contribution in [1.29, 1.82) is 0 Å². The van der Waals surface area contributed by atoms with Gasteiger partial charge < -0.3 is 4.90 Å². The second kappa shape index (κ2) is 4.56. The average Bonchev–Trinajstić information content (AvgIpc) is 2.80. The minimum Gasteiger partial charge on any atom is -0.341 e. The molecular weight excluding hydrogens is 278 g/mol. The van der Waals surface area contributed by atoms with Crippen LogP contribution in [0.25, 0.3) is 0 Å². The van der Waals surface area contributed by atoms with Crippen LogP contribution in [0.2, 0.25) is 0 Å². The monoisotopic (exact) mass is 295 g/mol. The normalized spacial score (nSPS) is 23.2. The Morgan fingerprint density at radius 2 is 1.59 bits per heavy atom. The smallest absolute Gasteiger partial charge is 0.225 e. The van der Waals surface area contributed by atoms with E-state index in [9.17, 15) is 0 Å². The number of rotatable bonds is 1. The summed E-state index contributed by atoms with van der Waals surface area (Å²) in [5.74, 6) is 0.890. The van der Waals surface area contributed by atoms with E-state index < -0.39 is 0 Å². The van der Waals surface area contributed by atoms with E-state index in [1.807, 2.05) is 12.4 Å². The summed E-state index contributed by atoms with van der Waals surface area (Å²) in [6.07, 6.45) is 12.1. The first kappa shape index (κ1) is 11.5. The lowest BCUT2D eigenvalue weighted by Crippen LogP contribution is -2.39. The third kappa shape index (κ3) is 2.32. The fourth-order valence-corrected chi connectivity index (χ4v) is 3.48. The van der Waals surface area contributed by atoms with Crippen LogP contribution in [-0.4, -0.2) is 23.1 Å². The summed E-state index contributed by atoms with van der Waals surface area (Å²) >= 11 is 3.37. The van der Waals surface area contributed by atoms with Crippen molar-refractivity contribution < 1.29 is 0 Å². The van der Waals surface area contributed by atoms with Gasteiger partial charge in [-0.3, -0.25) is 0 Å². The van der Waals surface area contributed by atoms with E-state index in [0.717, 1.165) is 23.5 Å². The lowest BCUT2D eigenvalue weighted by molar-refractivity contribution is 0.225. The Balaban J connectivity index is 1.66. The number of nitrogens with zero attached hydrogens (tertiary/aromatic N) is 3. The van der Waals surface area contributed by atoms with E-state index in [1.165, 1.54) is 38.5 Å². The van der Waals surface area contributed by atoms with Crippen molar-refractivity contribution in [1.82, 2.24) is 9.97 Å². The zero-order chi connectivity index (χ0) is 11.7. The average molecular weight is 296 g/mol. The van der Waals surface area contributed by atoms with Gasteiger partial charge >= 0.3 is 0 Å². The molecule has 1 aromatic heterocycles. The quantitative estimate of drug-likeness (QED) is 0.795. The summed E-state index contributed by atoms with van der Waals surface area (Å²) in [6, 6.07) is 0. The highest BCUT2D eigenvalue weighted by molar-refractivity contribution is 9.10. The van der Waals surface area contributed by atoms with E-state index in [-0.39, 0.29) is 0 Å². The van der Waals surface area contributed by atoms with Crippen LogP contribution >= 0.6 is 15.9 Å². The van der Waals surface area contributed by atoms with Gasteiger partial charge in [0.1, 0.15) is 0 Å². The molecule has 4 heteroatoms. The molecule has 2 aliphatic rings. The van der Waals surface area contributed by atoms with Crippen molar-refractivity contribution >= 4 is 21.9 Å². The van der Waals surface area contributed by atoms with Crippen molar-refractivity contribution in [3.63, 3.8) is 0 Å². The Hall–Kier alpha value is -0.640. The first-order valence-electron chi connectivity index (χ1n) is 6.50. The lowest BCUT2D eigenvalue weighted by Gasteiger charge is -2.39. The maximum absolute atomic E-state index is 4.38. The molecule has 0 amide bonds. The van der Waals surface area contributed by atoms with E-state index in [1.54, 1.807) is 0 Å². The third-order valence-electron chi connectivity index (χ3n) is 4.38. The SMILES string of the molecule is Brc1cnc(N2CCC3(CCCC3)CC2)nc1. The van der Waals surface area contributed by atoms with E-state index >= 15 is 0 Å². The Morgan fingerprint density at radius 3 is 2.18 bits per heavy atom. The first-order valence-corrected chi connectivity index (χ1v) is 7.29.